The van der Waals surface area contributed by atoms with E-state index in [9.17, 15) is 5.11 Å². The molecule has 0 aliphatic rings. The van der Waals surface area contributed by atoms with Gasteiger partial charge in [0.1, 0.15) is 0 Å². The molecule has 4 heteroatoms. The van der Waals surface area contributed by atoms with Crippen molar-refractivity contribution in [3.8, 4) is 11.5 Å². The maximum Gasteiger partial charge on any atom is 0.163 e. The maximum atomic E-state index is 9.87. The molecule has 1 aromatic carbocycles. The Labute approximate surface area is 102 Å². The van der Waals surface area contributed by atoms with Crippen molar-refractivity contribution in [2.75, 3.05) is 20.8 Å². The predicted octanol–water partition coefficient (Wildman–Crippen LogP) is 1.35. The van der Waals surface area contributed by atoms with Crippen molar-refractivity contribution in [3.63, 3.8) is 0 Å². The first-order chi connectivity index (χ1) is 8.22. The van der Waals surface area contributed by atoms with Crippen LogP contribution in [0, 0.1) is 0 Å². The van der Waals surface area contributed by atoms with E-state index in [0.717, 1.165) is 12.0 Å². The zero-order chi connectivity index (χ0) is 12.7. The highest BCUT2D eigenvalue weighted by atomic mass is 16.5. The molecule has 0 radical (unpaired) electrons. The van der Waals surface area contributed by atoms with Gasteiger partial charge in [-0.3, -0.25) is 0 Å². The minimum Gasteiger partial charge on any atom is -0.493 e. The molecule has 0 bridgehead atoms. The molecule has 1 unspecified atom stereocenters. The molecule has 17 heavy (non-hydrogen) atoms. The van der Waals surface area contributed by atoms with Crippen LogP contribution in [0.1, 0.15) is 18.4 Å². The van der Waals surface area contributed by atoms with Gasteiger partial charge in [-0.1, -0.05) is 12.1 Å². The van der Waals surface area contributed by atoms with E-state index in [-0.39, 0.29) is 6.10 Å². The SMILES string of the molecule is COc1cccc(CC(O)CCCN)c1OC. The Morgan fingerprint density at radius 2 is 2.06 bits per heavy atom. The van der Waals surface area contributed by atoms with Crippen molar-refractivity contribution in [2.24, 2.45) is 5.73 Å². The standard InChI is InChI=1S/C13H21NO3/c1-16-12-7-3-5-10(13(12)17-2)9-11(15)6-4-8-14/h3,5,7,11,15H,4,6,8-9,14H2,1-2H3. The normalized spacial score (nSPS) is 12.2. The van der Waals surface area contributed by atoms with Crippen LogP contribution in [0.15, 0.2) is 18.2 Å². The monoisotopic (exact) mass is 239 g/mol. The zero-order valence-corrected chi connectivity index (χ0v) is 10.5. The number of nitrogens with two attached hydrogens (primary N) is 1. The molecule has 0 aromatic heterocycles. The molecule has 1 atom stereocenters. The van der Waals surface area contributed by atoms with Gasteiger partial charge in [-0.2, -0.15) is 0 Å². The first-order valence-electron chi connectivity index (χ1n) is 5.81. The molecule has 1 aromatic rings. The third-order valence-electron chi connectivity index (χ3n) is 2.68. The number of benzene rings is 1. The van der Waals surface area contributed by atoms with Crippen LogP contribution in [0.25, 0.3) is 0 Å². The molecule has 4 nitrogen and oxygen atoms in total. The molecular weight excluding hydrogens is 218 g/mol. The molecule has 0 fully saturated rings. The molecule has 0 saturated carbocycles. The summed E-state index contributed by atoms with van der Waals surface area (Å²) in [5, 5.41) is 9.87. The van der Waals surface area contributed by atoms with E-state index in [2.05, 4.69) is 0 Å². The van der Waals surface area contributed by atoms with Crippen LogP contribution in [0.5, 0.6) is 11.5 Å². The first-order valence-corrected chi connectivity index (χ1v) is 5.81. The van der Waals surface area contributed by atoms with Crippen molar-refractivity contribution >= 4 is 0 Å². The molecular formula is C13H21NO3. The maximum absolute atomic E-state index is 9.87. The topological polar surface area (TPSA) is 64.7 Å². The van der Waals surface area contributed by atoms with Crippen LogP contribution in [-0.4, -0.2) is 32.0 Å². The summed E-state index contributed by atoms with van der Waals surface area (Å²) in [6, 6.07) is 5.67. The van der Waals surface area contributed by atoms with E-state index in [1.807, 2.05) is 18.2 Å². The largest absolute Gasteiger partial charge is 0.493 e. The third kappa shape index (κ3) is 3.91. The van der Waals surface area contributed by atoms with Gasteiger partial charge in [-0.15, -0.1) is 0 Å². The Hall–Kier alpha value is -1.26. The van der Waals surface area contributed by atoms with E-state index in [4.69, 9.17) is 15.2 Å². The summed E-state index contributed by atoms with van der Waals surface area (Å²) < 4.78 is 10.5. The number of ether oxygens (including phenoxy) is 2. The fraction of sp³-hybridized carbons (Fsp3) is 0.538. The van der Waals surface area contributed by atoms with Gasteiger partial charge in [0, 0.05) is 12.0 Å². The molecule has 0 aliphatic heterocycles. The van der Waals surface area contributed by atoms with Gasteiger partial charge in [0.2, 0.25) is 0 Å². The highest BCUT2D eigenvalue weighted by Gasteiger charge is 2.13. The van der Waals surface area contributed by atoms with Crippen LogP contribution >= 0.6 is 0 Å². The number of para-hydroxylation sites is 1. The lowest BCUT2D eigenvalue weighted by molar-refractivity contribution is 0.161. The van der Waals surface area contributed by atoms with E-state index in [0.29, 0.717) is 30.9 Å². The van der Waals surface area contributed by atoms with Crippen molar-refractivity contribution in [3.05, 3.63) is 23.8 Å². The quantitative estimate of drug-likeness (QED) is 0.753. The lowest BCUT2D eigenvalue weighted by Crippen LogP contribution is -2.13. The van der Waals surface area contributed by atoms with Crippen molar-refractivity contribution < 1.29 is 14.6 Å². The Kier molecular flexibility index (Phi) is 5.80. The van der Waals surface area contributed by atoms with Crippen molar-refractivity contribution in [2.45, 2.75) is 25.4 Å². The number of aliphatic hydroxyl groups excluding tert-OH is 1. The van der Waals surface area contributed by atoms with Gasteiger partial charge >= 0.3 is 0 Å². The Bertz CT molecular complexity index is 341. The van der Waals surface area contributed by atoms with E-state index in [1.54, 1.807) is 14.2 Å². The summed E-state index contributed by atoms with van der Waals surface area (Å²) in [6.07, 6.45) is 1.70. The highest BCUT2D eigenvalue weighted by molar-refractivity contribution is 5.46. The summed E-state index contributed by atoms with van der Waals surface area (Å²) in [6.45, 7) is 0.603. The van der Waals surface area contributed by atoms with Gasteiger partial charge < -0.3 is 20.3 Å². The molecule has 96 valence electrons. The van der Waals surface area contributed by atoms with Gasteiger partial charge in [-0.25, -0.2) is 0 Å². The molecule has 0 spiro atoms. The summed E-state index contributed by atoms with van der Waals surface area (Å²) in [7, 11) is 3.21. The van der Waals surface area contributed by atoms with E-state index >= 15 is 0 Å². The summed E-state index contributed by atoms with van der Waals surface area (Å²) in [4.78, 5) is 0. The Morgan fingerprint density at radius 1 is 1.29 bits per heavy atom. The predicted molar refractivity (Wildman–Crippen MR) is 67.5 cm³/mol. The average molecular weight is 239 g/mol. The summed E-state index contributed by atoms with van der Waals surface area (Å²) in [5.74, 6) is 1.39. The van der Waals surface area contributed by atoms with Crippen LogP contribution in [0.3, 0.4) is 0 Å². The first kappa shape index (κ1) is 13.8. The average Bonchev–Trinajstić information content (AvgIpc) is 2.35. The van der Waals surface area contributed by atoms with Crippen LogP contribution in [-0.2, 0) is 6.42 Å². The summed E-state index contributed by atoms with van der Waals surface area (Å²) in [5.41, 5.74) is 6.37. The third-order valence-corrected chi connectivity index (χ3v) is 2.68. The molecule has 1 rings (SSSR count). The zero-order valence-electron chi connectivity index (χ0n) is 10.5. The van der Waals surface area contributed by atoms with E-state index in [1.165, 1.54) is 0 Å². The second-order valence-electron chi connectivity index (χ2n) is 3.94. The molecule has 0 aliphatic carbocycles. The fourth-order valence-electron chi connectivity index (χ4n) is 1.82. The number of hydrogen-bond donors (Lipinski definition) is 2. The number of rotatable bonds is 7. The number of methoxy groups -OCH3 is 2. The number of hydrogen-bond acceptors (Lipinski definition) is 4. The van der Waals surface area contributed by atoms with Crippen LogP contribution in [0.2, 0.25) is 0 Å². The molecule has 0 saturated heterocycles. The second-order valence-corrected chi connectivity index (χ2v) is 3.94. The number of aliphatic hydroxyl groups is 1. The molecule has 3 N–H and O–H groups in total. The lowest BCUT2D eigenvalue weighted by Gasteiger charge is -2.15. The Balaban J connectivity index is 2.75. The van der Waals surface area contributed by atoms with Gasteiger partial charge in [-0.05, 0) is 25.5 Å². The van der Waals surface area contributed by atoms with Gasteiger partial charge in [0.25, 0.3) is 0 Å². The van der Waals surface area contributed by atoms with Gasteiger partial charge in [0.15, 0.2) is 11.5 Å². The fourth-order valence-corrected chi connectivity index (χ4v) is 1.82. The smallest absolute Gasteiger partial charge is 0.163 e. The minimum atomic E-state index is -0.389. The van der Waals surface area contributed by atoms with E-state index < -0.39 is 0 Å². The minimum absolute atomic E-state index is 0.389. The second kappa shape index (κ2) is 7.14. The van der Waals surface area contributed by atoms with Crippen LogP contribution < -0.4 is 15.2 Å². The molecule has 0 amide bonds. The van der Waals surface area contributed by atoms with Crippen molar-refractivity contribution in [1.82, 2.24) is 0 Å². The lowest BCUT2D eigenvalue weighted by atomic mass is 10.0. The van der Waals surface area contributed by atoms with Crippen LogP contribution in [0.4, 0.5) is 0 Å². The van der Waals surface area contributed by atoms with Gasteiger partial charge in [0.05, 0.1) is 20.3 Å². The summed E-state index contributed by atoms with van der Waals surface area (Å²) >= 11 is 0. The molecule has 0 heterocycles. The highest BCUT2D eigenvalue weighted by Crippen LogP contribution is 2.31. The van der Waals surface area contributed by atoms with Crippen molar-refractivity contribution in [1.29, 1.82) is 0 Å². The Morgan fingerprint density at radius 3 is 2.65 bits per heavy atom.